The van der Waals surface area contributed by atoms with E-state index in [9.17, 15) is 22.4 Å². The van der Waals surface area contributed by atoms with Crippen LogP contribution in [0.2, 0.25) is 0 Å². The maximum atomic E-state index is 13.6. The van der Waals surface area contributed by atoms with Crippen LogP contribution in [0.1, 0.15) is 52.7 Å². The highest BCUT2D eigenvalue weighted by Gasteiger charge is 2.33. The van der Waals surface area contributed by atoms with Gasteiger partial charge in [-0.05, 0) is 43.9 Å². The SMILES string of the molecule is CS(=O)(=O)N1CCc2c(nc([C@H]3CCCCN3C(=O)c3cccc(F)c3)[nH]c2=O)C1. The molecule has 2 aromatic rings. The minimum Gasteiger partial charge on any atom is -0.328 e. The van der Waals surface area contributed by atoms with Gasteiger partial charge in [0, 0.05) is 24.2 Å². The highest BCUT2D eigenvalue weighted by molar-refractivity contribution is 7.88. The number of aromatic amines is 1. The fourth-order valence-corrected chi connectivity index (χ4v) is 4.90. The Morgan fingerprint density at radius 2 is 2.07 bits per heavy atom. The molecular weight excluding hydrogens is 411 g/mol. The van der Waals surface area contributed by atoms with Gasteiger partial charge < -0.3 is 9.88 Å². The molecule has 0 saturated carbocycles. The Bertz CT molecular complexity index is 1150. The number of likely N-dealkylation sites (tertiary alicyclic amines) is 1. The molecule has 8 nitrogen and oxygen atoms in total. The molecule has 0 spiro atoms. The molecule has 4 rings (SSSR count). The zero-order chi connectivity index (χ0) is 21.5. The molecule has 160 valence electrons. The predicted molar refractivity (Wildman–Crippen MR) is 108 cm³/mol. The van der Waals surface area contributed by atoms with Crippen molar-refractivity contribution in [3.8, 4) is 0 Å². The lowest BCUT2D eigenvalue weighted by Gasteiger charge is -2.35. The van der Waals surface area contributed by atoms with E-state index in [0.29, 0.717) is 36.5 Å². The van der Waals surface area contributed by atoms with Gasteiger partial charge in [0.15, 0.2) is 0 Å². The molecule has 1 amide bonds. The van der Waals surface area contributed by atoms with E-state index in [0.717, 1.165) is 19.1 Å². The summed E-state index contributed by atoms with van der Waals surface area (Å²) in [7, 11) is -3.40. The third-order valence-corrected chi connectivity index (χ3v) is 6.93. The van der Waals surface area contributed by atoms with Crippen LogP contribution in [-0.4, -0.2) is 52.8 Å². The average molecular weight is 434 g/mol. The van der Waals surface area contributed by atoms with Gasteiger partial charge in [-0.15, -0.1) is 0 Å². The number of nitrogens with zero attached hydrogens (tertiary/aromatic N) is 3. The number of hydrogen-bond donors (Lipinski definition) is 1. The van der Waals surface area contributed by atoms with Crippen molar-refractivity contribution in [2.75, 3.05) is 19.3 Å². The van der Waals surface area contributed by atoms with Crippen LogP contribution in [-0.2, 0) is 23.0 Å². The predicted octanol–water partition coefficient (Wildman–Crippen LogP) is 1.59. The lowest BCUT2D eigenvalue weighted by Crippen LogP contribution is -2.42. The van der Waals surface area contributed by atoms with Crippen LogP contribution in [0.3, 0.4) is 0 Å². The Morgan fingerprint density at radius 3 is 2.80 bits per heavy atom. The molecule has 1 atom stereocenters. The Kier molecular flexibility index (Phi) is 5.46. The molecule has 0 unspecified atom stereocenters. The number of aromatic nitrogens is 2. The summed E-state index contributed by atoms with van der Waals surface area (Å²) >= 11 is 0. The van der Waals surface area contributed by atoms with Crippen molar-refractivity contribution in [3.63, 3.8) is 0 Å². The Morgan fingerprint density at radius 1 is 1.27 bits per heavy atom. The minimum atomic E-state index is -3.40. The summed E-state index contributed by atoms with van der Waals surface area (Å²) in [4.78, 5) is 34.7. The molecule has 3 heterocycles. The van der Waals surface area contributed by atoms with E-state index >= 15 is 0 Å². The van der Waals surface area contributed by atoms with Gasteiger partial charge in [-0.2, -0.15) is 4.31 Å². The molecule has 1 saturated heterocycles. The summed E-state index contributed by atoms with van der Waals surface area (Å²) < 4.78 is 38.7. The number of nitrogens with one attached hydrogen (secondary N) is 1. The summed E-state index contributed by atoms with van der Waals surface area (Å²) in [5.74, 6) is -0.466. The third kappa shape index (κ3) is 4.01. The smallest absolute Gasteiger partial charge is 0.254 e. The van der Waals surface area contributed by atoms with Crippen LogP contribution in [0.4, 0.5) is 4.39 Å². The van der Waals surface area contributed by atoms with E-state index in [1.807, 2.05) is 0 Å². The van der Waals surface area contributed by atoms with Gasteiger partial charge in [0.05, 0.1) is 24.5 Å². The second-order valence-corrected chi connectivity index (χ2v) is 9.73. The van der Waals surface area contributed by atoms with E-state index in [2.05, 4.69) is 9.97 Å². The standard InChI is InChI=1S/C20H23FN4O4S/c1-30(28,29)24-10-8-15-16(12-24)22-18(23-19(15)26)17-7-2-3-9-25(17)20(27)13-5-4-6-14(21)11-13/h4-6,11,17H,2-3,7-10,12H2,1H3,(H,22,23,26)/t17-/m1/s1. The quantitative estimate of drug-likeness (QED) is 0.790. The maximum absolute atomic E-state index is 13.6. The zero-order valence-electron chi connectivity index (χ0n) is 16.6. The maximum Gasteiger partial charge on any atom is 0.254 e. The number of carbonyl (C=O) groups is 1. The molecule has 1 aromatic carbocycles. The monoisotopic (exact) mass is 434 g/mol. The summed E-state index contributed by atoms with van der Waals surface area (Å²) in [5.41, 5.74) is 0.851. The molecule has 0 radical (unpaired) electrons. The van der Waals surface area contributed by atoms with E-state index in [-0.39, 0.29) is 30.1 Å². The van der Waals surface area contributed by atoms with Crippen LogP contribution in [0.15, 0.2) is 29.1 Å². The topological polar surface area (TPSA) is 103 Å². The number of hydrogen-bond acceptors (Lipinski definition) is 5. The Labute approximate surface area is 173 Å². The number of fused-ring (bicyclic) bond motifs is 1. The average Bonchev–Trinajstić information content (AvgIpc) is 2.72. The molecule has 0 aliphatic carbocycles. The highest BCUT2D eigenvalue weighted by atomic mass is 32.2. The number of amides is 1. The van der Waals surface area contributed by atoms with Gasteiger partial charge >= 0.3 is 0 Å². The van der Waals surface area contributed by atoms with E-state index in [1.54, 1.807) is 11.0 Å². The number of sulfonamides is 1. The Hall–Kier alpha value is -2.59. The molecule has 2 aliphatic heterocycles. The second kappa shape index (κ2) is 7.92. The summed E-state index contributed by atoms with van der Waals surface area (Å²) in [5, 5.41) is 0. The summed E-state index contributed by atoms with van der Waals surface area (Å²) in [6.07, 6.45) is 3.69. The minimum absolute atomic E-state index is 0.0374. The summed E-state index contributed by atoms with van der Waals surface area (Å²) in [6, 6.07) is 5.06. The molecular formula is C20H23FN4O4S. The van der Waals surface area contributed by atoms with Crippen LogP contribution in [0.5, 0.6) is 0 Å². The number of piperidine rings is 1. The van der Waals surface area contributed by atoms with Gasteiger partial charge in [0.25, 0.3) is 11.5 Å². The van der Waals surface area contributed by atoms with Crippen molar-refractivity contribution in [2.24, 2.45) is 0 Å². The molecule has 1 N–H and O–H groups in total. The first-order valence-electron chi connectivity index (χ1n) is 9.87. The van der Waals surface area contributed by atoms with E-state index in [1.165, 1.54) is 22.5 Å². The number of carbonyl (C=O) groups excluding carboxylic acids is 1. The number of H-pyrrole nitrogens is 1. The van der Waals surface area contributed by atoms with Crippen molar-refractivity contribution in [3.05, 3.63) is 63.1 Å². The number of benzene rings is 1. The van der Waals surface area contributed by atoms with Crippen LogP contribution in [0, 0.1) is 5.82 Å². The third-order valence-electron chi connectivity index (χ3n) is 5.68. The molecule has 1 aromatic heterocycles. The summed E-state index contributed by atoms with van der Waals surface area (Å²) in [6.45, 7) is 0.746. The molecule has 2 aliphatic rings. The first-order chi connectivity index (χ1) is 14.2. The first-order valence-corrected chi connectivity index (χ1v) is 11.7. The number of rotatable bonds is 3. The first kappa shape index (κ1) is 20.7. The second-order valence-electron chi connectivity index (χ2n) is 7.74. The highest BCUT2D eigenvalue weighted by Crippen LogP contribution is 2.31. The van der Waals surface area contributed by atoms with Crippen molar-refractivity contribution >= 4 is 15.9 Å². The molecule has 1 fully saturated rings. The zero-order valence-corrected chi connectivity index (χ0v) is 17.4. The fourth-order valence-electron chi connectivity index (χ4n) is 4.12. The van der Waals surface area contributed by atoms with Gasteiger partial charge in [-0.1, -0.05) is 6.07 Å². The van der Waals surface area contributed by atoms with Gasteiger partial charge in [0.1, 0.15) is 11.6 Å². The van der Waals surface area contributed by atoms with Crippen molar-refractivity contribution in [1.82, 2.24) is 19.2 Å². The van der Waals surface area contributed by atoms with Crippen molar-refractivity contribution < 1.29 is 17.6 Å². The van der Waals surface area contributed by atoms with Gasteiger partial charge in [-0.25, -0.2) is 17.8 Å². The van der Waals surface area contributed by atoms with Gasteiger partial charge in [0.2, 0.25) is 10.0 Å². The van der Waals surface area contributed by atoms with Crippen LogP contribution < -0.4 is 5.56 Å². The van der Waals surface area contributed by atoms with E-state index < -0.39 is 21.9 Å². The van der Waals surface area contributed by atoms with Gasteiger partial charge in [-0.3, -0.25) is 9.59 Å². The molecule has 10 heteroatoms. The van der Waals surface area contributed by atoms with Crippen LogP contribution in [0.25, 0.3) is 0 Å². The lowest BCUT2D eigenvalue weighted by molar-refractivity contribution is 0.0598. The lowest BCUT2D eigenvalue weighted by atomic mass is 9.99. The van der Waals surface area contributed by atoms with Crippen molar-refractivity contribution in [2.45, 2.75) is 38.3 Å². The normalized spacial score (nSPS) is 20.1. The Balaban J connectivity index is 1.69. The number of halogens is 1. The molecule has 0 bridgehead atoms. The fraction of sp³-hybridized carbons (Fsp3) is 0.450. The largest absolute Gasteiger partial charge is 0.328 e. The van der Waals surface area contributed by atoms with E-state index in [4.69, 9.17) is 0 Å². The van der Waals surface area contributed by atoms with Crippen LogP contribution >= 0.6 is 0 Å². The van der Waals surface area contributed by atoms with Crippen molar-refractivity contribution in [1.29, 1.82) is 0 Å². The molecule has 30 heavy (non-hydrogen) atoms.